The SMILES string of the molecule is CC(C)(C)OC(=O)Nc1c(F)c(C=O)cc2c1OCCO2. The van der Waals surface area contributed by atoms with Crippen LogP contribution in [0.1, 0.15) is 31.1 Å². The first-order chi connectivity index (χ1) is 9.81. The summed E-state index contributed by atoms with van der Waals surface area (Å²) in [6.45, 7) is 5.54. The number of anilines is 1. The molecule has 1 aromatic rings. The molecule has 0 bridgehead atoms. The normalized spacial score (nSPS) is 13.5. The molecule has 1 aromatic carbocycles. The second-order valence-electron chi connectivity index (χ2n) is 5.42. The molecule has 0 spiro atoms. The first kappa shape index (κ1) is 15.1. The molecular weight excluding hydrogens is 281 g/mol. The van der Waals surface area contributed by atoms with Gasteiger partial charge in [0, 0.05) is 0 Å². The number of carbonyl (C=O) groups is 2. The Morgan fingerprint density at radius 1 is 1.38 bits per heavy atom. The van der Waals surface area contributed by atoms with E-state index in [1.54, 1.807) is 20.8 Å². The maximum atomic E-state index is 14.2. The predicted octanol–water partition coefficient (Wildman–Crippen LogP) is 2.76. The molecule has 6 nitrogen and oxygen atoms in total. The Balaban J connectivity index is 2.37. The lowest BCUT2D eigenvalue weighted by Crippen LogP contribution is -2.28. The zero-order valence-electron chi connectivity index (χ0n) is 12.0. The monoisotopic (exact) mass is 297 g/mol. The van der Waals surface area contributed by atoms with Crippen molar-refractivity contribution >= 4 is 18.1 Å². The molecule has 1 N–H and O–H groups in total. The minimum atomic E-state index is -0.889. The van der Waals surface area contributed by atoms with Gasteiger partial charge in [0.15, 0.2) is 23.6 Å². The van der Waals surface area contributed by atoms with Crippen LogP contribution in [0.4, 0.5) is 14.9 Å². The average Bonchev–Trinajstić information content (AvgIpc) is 2.39. The van der Waals surface area contributed by atoms with Gasteiger partial charge in [-0.25, -0.2) is 9.18 Å². The Bertz CT molecular complexity index is 580. The molecule has 1 aliphatic heterocycles. The van der Waals surface area contributed by atoms with E-state index in [9.17, 15) is 14.0 Å². The number of fused-ring (bicyclic) bond motifs is 1. The molecule has 1 amide bonds. The molecule has 7 heteroatoms. The van der Waals surface area contributed by atoms with E-state index in [1.165, 1.54) is 6.07 Å². The third-order valence-corrected chi connectivity index (χ3v) is 2.55. The van der Waals surface area contributed by atoms with E-state index >= 15 is 0 Å². The number of rotatable bonds is 2. The lowest BCUT2D eigenvalue weighted by atomic mass is 10.1. The molecule has 0 fully saturated rings. The van der Waals surface area contributed by atoms with Crippen LogP contribution in [0.25, 0.3) is 0 Å². The van der Waals surface area contributed by atoms with Crippen molar-refractivity contribution < 1.29 is 28.2 Å². The molecule has 2 rings (SSSR count). The Hall–Kier alpha value is -2.31. The van der Waals surface area contributed by atoms with Crippen molar-refractivity contribution in [1.82, 2.24) is 0 Å². The van der Waals surface area contributed by atoms with Crippen LogP contribution in [0.2, 0.25) is 0 Å². The van der Waals surface area contributed by atoms with Crippen LogP contribution < -0.4 is 14.8 Å². The number of nitrogens with one attached hydrogen (secondary N) is 1. The quantitative estimate of drug-likeness (QED) is 0.850. The molecule has 0 aliphatic carbocycles. The molecule has 0 saturated heterocycles. The van der Waals surface area contributed by atoms with Crippen molar-refractivity contribution in [2.75, 3.05) is 18.5 Å². The van der Waals surface area contributed by atoms with Gasteiger partial charge >= 0.3 is 6.09 Å². The summed E-state index contributed by atoms with van der Waals surface area (Å²) in [4.78, 5) is 22.7. The minimum Gasteiger partial charge on any atom is -0.486 e. The van der Waals surface area contributed by atoms with Crippen molar-refractivity contribution in [2.45, 2.75) is 26.4 Å². The van der Waals surface area contributed by atoms with Gasteiger partial charge in [-0.3, -0.25) is 10.1 Å². The summed E-state index contributed by atoms with van der Waals surface area (Å²) in [5, 5.41) is 2.27. The van der Waals surface area contributed by atoms with Crippen molar-refractivity contribution in [3.05, 3.63) is 17.4 Å². The number of ether oxygens (including phenoxy) is 3. The highest BCUT2D eigenvalue weighted by molar-refractivity contribution is 5.91. The maximum Gasteiger partial charge on any atom is 0.412 e. The Morgan fingerprint density at radius 2 is 2.05 bits per heavy atom. The second-order valence-corrected chi connectivity index (χ2v) is 5.42. The number of aldehydes is 1. The smallest absolute Gasteiger partial charge is 0.412 e. The van der Waals surface area contributed by atoms with Gasteiger partial charge in [0.25, 0.3) is 0 Å². The van der Waals surface area contributed by atoms with E-state index in [4.69, 9.17) is 14.2 Å². The standard InChI is InChI=1S/C14H16FNO5/c1-14(2,3)21-13(18)16-11-10(15)8(7-17)6-9-12(11)20-5-4-19-9/h6-7H,4-5H2,1-3H3,(H,16,18). The van der Waals surface area contributed by atoms with E-state index in [1.807, 2.05) is 0 Å². The molecule has 1 aliphatic rings. The molecule has 0 aromatic heterocycles. The van der Waals surface area contributed by atoms with Crippen LogP contribution in [0.5, 0.6) is 11.5 Å². The summed E-state index contributed by atoms with van der Waals surface area (Å²) >= 11 is 0. The molecule has 21 heavy (non-hydrogen) atoms. The number of hydrogen-bond acceptors (Lipinski definition) is 5. The van der Waals surface area contributed by atoms with Gasteiger partial charge in [0.2, 0.25) is 0 Å². The van der Waals surface area contributed by atoms with E-state index < -0.39 is 17.5 Å². The van der Waals surface area contributed by atoms with Crippen LogP contribution >= 0.6 is 0 Å². The van der Waals surface area contributed by atoms with Crippen molar-refractivity contribution in [1.29, 1.82) is 0 Å². The molecule has 0 atom stereocenters. The molecule has 1 heterocycles. The number of amides is 1. The lowest BCUT2D eigenvalue weighted by molar-refractivity contribution is 0.0633. The van der Waals surface area contributed by atoms with Gasteiger partial charge in [-0.15, -0.1) is 0 Å². The maximum absolute atomic E-state index is 14.2. The highest BCUT2D eigenvalue weighted by Gasteiger charge is 2.26. The first-order valence-corrected chi connectivity index (χ1v) is 6.39. The minimum absolute atomic E-state index is 0.0511. The van der Waals surface area contributed by atoms with Crippen molar-refractivity contribution in [2.24, 2.45) is 0 Å². The van der Waals surface area contributed by atoms with Crippen molar-refractivity contribution in [3.63, 3.8) is 0 Å². The summed E-state index contributed by atoms with van der Waals surface area (Å²) in [6, 6.07) is 1.23. The number of halogens is 1. The van der Waals surface area contributed by atoms with Gasteiger partial charge < -0.3 is 14.2 Å². The number of benzene rings is 1. The highest BCUT2D eigenvalue weighted by atomic mass is 19.1. The first-order valence-electron chi connectivity index (χ1n) is 6.39. The molecule has 0 radical (unpaired) electrons. The van der Waals surface area contributed by atoms with E-state index in [2.05, 4.69) is 5.32 Å². The fourth-order valence-corrected chi connectivity index (χ4v) is 1.79. The lowest BCUT2D eigenvalue weighted by Gasteiger charge is -2.24. The summed E-state index contributed by atoms with van der Waals surface area (Å²) in [5.41, 5.74) is -1.23. The summed E-state index contributed by atoms with van der Waals surface area (Å²) in [5.74, 6) is -0.633. The van der Waals surface area contributed by atoms with E-state index in [0.29, 0.717) is 6.29 Å². The summed E-state index contributed by atoms with van der Waals surface area (Å²) in [6.07, 6.45) is -0.505. The van der Waals surface area contributed by atoms with E-state index in [-0.39, 0.29) is 36.0 Å². The van der Waals surface area contributed by atoms with Gasteiger partial charge in [-0.2, -0.15) is 0 Å². The van der Waals surface area contributed by atoms with Crippen molar-refractivity contribution in [3.8, 4) is 11.5 Å². The second kappa shape index (κ2) is 5.59. The van der Waals surface area contributed by atoms with Crippen LogP contribution in [-0.4, -0.2) is 31.2 Å². The fraction of sp³-hybridized carbons (Fsp3) is 0.429. The van der Waals surface area contributed by atoms with Gasteiger partial charge in [-0.1, -0.05) is 0 Å². The van der Waals surface area contributed by atoms with Crippen LogP contribution in [-0.2, 0) is 4.74 Å². The third kappa shape index (κ3) is 3.42. The number of carbonyl (C=O) groups excluding carboxylic acids is 2. The molecule has 0 unspecified atom stereocenters. The Labute approximate surface area is 121 Å². The predicted molar refractivity (Wildman–Crippen MR) is 72.6 cm³/mol. The molecule has 0 saturated carbocycles. The largest absolute Gasteiger partial charge is 0.486 e. The molecular formula is C14H16FNO5. The Morgan fingerprint density at radius 3 is 2.67 bits per heavy atom. The zero-order valence-corrected chi connectivity index (χ0v) is 12.0. The Kier molecular flexibility index (Phi) is 4.02. The third-order valence-electron chi connectivity index (χ3n) is 2.55. The molecule has 114 valence electrons. The fourth-order valence-electron chi connectivity index (χ4n) is 1.79. The topological polar surface area (TPSA) is 73.9 Å². The van der Waals surface area contributed by atoms with Crippen LogP contribution in [0.3, 0.4) is 0 Å². The summed E-state index contributed by atoms with van der Waals surface area (Å²) in [7, 11) is 0. The van der Waals surface area contributed by atoms with E-state index in [0.717, 1.165) is 0 Å². The van der Waals surface area contributed by atoms with Crippen LogP contribution in [0, 0.1) is 5.82 Å². The van der Waals surface area contributed by atoms with Gasteiger partial charge in [-0.05, 0) is 26.8 Å². The van der Waals surface area contributed by atoms with Gasteiger partial charge in [0.1, 0.15) is 24.5 Å². The summed E-state index contributed by atoms with van der Waals surface area (Å²) < 4.78 is 29.9. The number of hydrogen-bond donors (Lipinski definition) is 1. The highest BCUT2D eigenvalue weighted by Crippen LogP contribution is 2.41. The average molecular weight is 297 g/mol. The zero-order chi connectivity index (χ0) is 15.6. The van der Waals surface area contributed by atoms with Crippen LogP contribution in [0.15, 0.2) is 6.07 Å². The van der Waals surface area contributed by atoms with Gasteiger partial charge in [0.05, 0.1) is 5.56 Å².